The van der Waals surface area contributed by atoms with Gasteiger partial charge in [-0.3, -0.25) is 4.98 Å². The fourth-order valence-corrected chi connectivity index (χ4v) is 7.83. The van der Waals surface area contributed by atoms with Crippen LogP contribution in [-0.4, -0.2) is 65.3 Å². The highest BCUT2D eigenvalue weighted by molar-refractivity contribution is 5.95. The normalized spacial score (nSPS) is 10.7. The second-order valence-corrected chi connectivity index (χ2v) is 16.1. The second-order valence-electron chi connectivity index (χ2n) is 16.1. The van der Waals surface area contributed by atoms with Crippen LogP contribution >= 0.6 is 0 Å². The summed E-state index contributed by atoms with van der Waals surface area (Å²) in [5, 5.41) is 13.7. The lowest BCUT2D eigenvalue weighted by Crippen LogP contribution is -2.27. The van der Waals surface area contributed by atoms with Gasteiger partial charge in [0.1, 0.15) is 5.65 Å². The molecular formula is C56H81N9. The molecule has 0 radical (unpaired) electrons. The molecule has 7 rings (SSSR count). The first-order chi connectivity index (χ1) is 31.5. The molecule has 0 atom stereocenters. The molecular weight excluding hydrogens is 799 g/mol. The second kappa shape index (κ2) is 27.5. The van der Waals surface area contributed by atoms with E-state index in [-0.39, 0.29) is 0 Å². The Morgan fingerprint density at radius 3 is 1.85 bits per heavy atom. The van der Waals surface area contributed by atoms with Gasteiger partial charge < -0.3 is 15.2 Å². The van der Waals surface area contributed by atoms with Gasteiger partial charge in [-0.2, -0.15) is 10.2 Å². The number of rotatable bonds is 17. The molecule has 0 amide bonds. The zero-order chi connectivity index (χ0) is 48.1. The Balaban J connectivity index is 0.000000284. The molecule has 2 N–H and O–H groups in total. The zero-order valence-corrected chi connectivity index (χ0v) is 42.4. The van der Waals surface area contributed by atoms with Crippen LogP contribution in [0.2, 0.25) is 0 Å². The summed E-state index contributed by atoms with van der Waals surface area (Å²) in [6.07, 6.45) is 18.8. The van der Waals surface area contributed by atoms with Crippen molar-refractivity contribution in [3.05, 3.63) is 139 Å². The number of pyridine rings is 4. The Labute approximate surface area is 392 Å². The molecule has 350 valence electrons. The average molecular weight is 880 g/mol. The van der Waals surface area contributed by atoms with Gasteiger partial charge in [-0.15, -0.1) is 0 Å². The van der Waals surface area contributed by atoms with Crippen LogP contribution in [0, 0.1) is 6.92 Å². The van der Waals surface area contributed by atoms with E-state index in [2.05, 4.69) is 141 Å². The predicted molar refractivity (Wildman–Crippen MR) is 283 cm³/mol. The monoisotopic (exact) mass is 880 g/mol. The summed E-state index contributed by atoms with van der Waals surface area (Å²) in [4.78, 5) is 15.0. The molecule has 0 fully saturated rings. The first kappa shape index (κ1) is 53.5. The molecule has 9 nitrogen and oxygen atoms in total. The SMILES string of the molecule is C=C(NC(CCC)CCC)c1cnn2ccc(-c3c[nH]c4nc(CC)ccc34)cc12.C=C(c1ccn2ncc(C(=C)C)c2c1)c1ccc(CC)nc1C.CC.CC.CCCN(C)CCC. The summed E-state index contributed by atoms with van der Waals surface area (Å²) >= 11 is 0. The largest absolute Gasteiger partial charge is 0.382 e. The molecule has 0 saturated carbocycles. The lowest BCUT2D eigenvalue weighted by Gasteiger charge is -2.20. The fraction of sp³-hybridized carbons (Fsp3) is 0.429. The maximum absolute atomic E-state index is 4.71. The highest BCUT2D eigenvalue weighted by Gasteiger charge is 2.15. The number of aryl methyl sites for hydroxylation is 3. The van der Waals surface area contributed by atoms with Crippen LogP contribution in [0.5, 0.6) is 0 Å². The van der Waals surface area contributed by atoms with Crippen molar-refractivity contribution in [2.75, 3.05) is 20.1 Å². The molecule has 0 aromatic carbocycles. The van der Waals surface area contributed by atoms with Gasteiger partial charge in [0.25, 0.3) is 0 Å². The lowest BCUT2D eigenvalue weighted by atomic mass is 9.98. The smallest absolute Gasteiger partial charge is 0.138 e. The Hall–Kier alpha value is -5.80. The summed E-state index contributed by atoms with van der Waals surface area (Å²) < 4.78 is 3.79. The maximum atomic E-state index is 4.71. The van der Waals surface area contributed by atoms with Gasteiger partial charge in [0.05, 0.1) is 23.4 Å². The number of hydrogen-bond acceptors (Lipinski definition) is 6. The summed E-state index contributed by atoms with van der Waals surface area (Å²) in [5.74, 6) is 0. The van der Waals surface area contributed by atoms with E-state index in [9.17, 15) is 0 Å². The van der Waals surface area contributed by atoms with Crippen LogP contribution in [0.4, 0.5) is 0 Å². The molecule has 65 heavy (non-hydrogen) atoms. The van der Waals surface area contributed by atoms with E-state index in [1.807, 2.05) is 87.6 Å². The number of hydrogen-bond donors (Lipinski definition) is 2. The van der Waals surface area contributed by atoms with Crippen molar-refractivity contribution in [2.24, 2.45) is 0 Å². The van der Waals surface area contributed by atoms with Crippen LogP contribution in [-0.2, 0) is 12.8 Å². The molecule has 0 saturated heterocycles. The third-order valence-electron chi connectivity index (χ3n) is 11.1. The third-order valence-corrected chi connectivity index (χ3v) is 11.1. The van der Waals surface area contributed by atoms with Gasteiger partial charge in [-0.1, -0.05) is 108 Å². The van der Waals surface area contributed by atoms with Crippen molar-refractivity contribution in [1.29, 1.82) is 0 Å². The Morgan fingerprint density at radius 2 is 1.28 bits per heavy atom. The van der Waals surface area contributed by atoms with E-state index >= 15 is 0 Å². The van der Waals surface area contributed by atoms with Crippen molar-refractivity contribution in [2.45, 2.75) is 140 Å². The Kier molecular flexibility index (Phi) is 22.7. The van der Waals surface area contributed by atoms with E-state index in [4.69, 9.17) is 4.98 Å². The highest BCUT2D eigenvalue weighted by Crippen LogP contribution is 2.31. The minimum Gasteiger partial charge on any atom is -0.382 e. The molecule has 7 aromatic heterocycles. The van der Waals surface area contributed by atoms with Crippen LogP contribution in [0.1, 0.15) is 154 Å². The number of allylic oxidation sites excluding steroid dienone is 1. The standard InChI is InChI=1S/C25H31N5.C20H21N3.C7H17N.2C2H6/c1-5-8-20(9-6-2)28-17(4)22-16-27-30-13-12-18(14-24(22)30)23-15-26-25-21(23)11-10-19(7-3)29-25;1-6-17-7-8-18(15(5)22-17)14(4)16-9-10-23-20(11-16)19(12-21-23)13(2)3;1-4-6-8(3)7-5-2;2*1-2/h10-16,20,28H,4-9H2,1-3H3,(H,26,29);7-12H,2,4,6H2,1,3,5H3;4-7H2,1-3H3;2*1-2H3. The van der Waals surface area contributed by atoms with Gasteiger partial charge in [0.15, 0.2) is 0 Å². The number of H-pyrrole nitrogens is 1. The predicted octanol–water partition coefficient (Wildman–Crippen LogP) is 14.5. The number of fused-ring (bicyclic) bond motifs is 3. The van der Waals surface area contributed by atoms with Gasteiger partial charge in [0.2, 0.25) is 0 Å². The van der Waals surface area contributed by atoms with Crippen LogP contribution in [0.15, 0.2) is 99.3 Å². The zero-order valence-electron chi connectivity index (χ0n) is 42.4. The molecule has 0 spiro atoms. The number of nitrogens with zero attached hydrogens (tertiary/aromatic N) is 7. The molecule has 0 aliphatic carbocycles. The van der Waals surface area contributed by atoms with Crippen LogP contribution in [0.25, 0.3) is 50.0 Å². The van der Waals surface area contributed by atoms with Gasteiger partial charge in [0, 0.05) is 75.1 Å². The van der Waals surface area contributed by atoms with Gasteiger partial charge in [-0.25, -0.2) is 14.0 Å². The van der Waals surface area contributed by atoms with Crippen molar-refractivity contribution in [3.63, 3.8) is 0 Å². The van der Waals surface area contributed by atoms with Crippen LogP contribution < -0.4 is 5.32 Å². The lowest BCUT2D eigenvalue weighted by molar-refractivity contribution is 0.335. The average Bonchev–Trinajstić information content (AvgIpc) is 4.07. The van der Waals surface area contributed by atoms with Crippen molar-refractivity contribution < 1.29 is 0 Å². The van der Waals surface area contributed by atoms with Gasteiger partial charge >= 0.3 is 0 Å². The molecule has 0 aliphatic heterocycles. The quantitative estimate of drug-likeness (QED) is 0.0947. The van der Waals surface area contributed by atoms with Crippen molar-refractivity contribution in [1.82, 2.24) is 44.4 Å². The maximum Gasteiger partial charge on any atom is 0.138 e. The van der Waals surface area contributed by atoms with E-state index in [1.165, 1.54) is 25.9 Å². The summed E-state index contributed by atoms with van der Waals surface area (Å²) in [6.45, 7) is 40.3. The third kappa shape index (κ3) is 14.3. The molecule has 7 heterocycles. The molecule has 7 aromatic rings. The number of aromatic amines is 1. The summed E-state index contributed by atoms with van der Waals surface area (Å²) in [6, 6.07) is 17.4. The van der Waals surface area contributed by atoms with E-state index < -0.39 is 0 Å². The minimum absolute atomic E-state index is 0.457. The van der Waals surface area contributed by atoms with E-state index in [1.54, 1.807) is 0 Å². The minimum atomic E-state index is 0.457. The first-order valence-corrected chi connectivity index (χ1v) is 24.3. The fourth-order valence-electron chi connectivity index (χ4n) is 7.83. The van der Waals surface area contributed by atoms with Crippen LogP contribution in [0.3, 0.4) is 0 Å². The summed E-state index contributed by atoms with van der Waals surface area (Å²) in [7, 11) is 2.17. The summed E-state index contributed by atoms with van der Waals surface area (Å²) in [5.41, 5.74) is 15.8. The highest BCUT2D eigenvalue weighted by atomic mass is 15.2. The molecule has 0 bridgehead atoms. The molecule has 0 aliphatic rings. The number of aromatic nitrogens is 7. The van der Waals surface area contributed by atoms with Crippen molar-refractivity contribution >= 4 is 38.9 Å². The molecule has 9 heteroatoms. The Bertz CT molecular complexity index is 2540. The topological polar surface area (TPSA) is 91.4 Å². The van der Waals surface area contributed by atoms with E-state index in [0.717, 1.165) is 128 Å². The first-order valence-electron chi connectivity index (χ1n) is 24.3. The Morgan fingerprint density at radius 1 is 0.708 bits per heavy atom. The van der Waals surface area contributed by atoms with Gasteiger partial charge in [-0.05, 0) is 137 Å². The van der Waals surface area contributed by atoms with E-state index in [0.29, 0.717) is 6.04 Å². The molecule has 0 unspecified atom stereocenters. The number of nitrogens with one attached hydrogen (secondary N) is 2. The van der Waals surface area contributed by atoms with Crippen molar-refractivity contribution in [3.8, 4) is 11.1 Å².